The Hall–Kier alpha value is -5.42. The van der Waals surface area contributed by atoms with E-state index in [4.69, 9.17) is 24.0 Å². The van der Waals surface area contributed by atoms with Gasteiger partial charge in [-0.3, -0.25) is 9.36 Å². The van der Waals surface area contributed by atoms with Crippen molar-refractivity contribution in [2.75, 3.05) is 55.4 Å². The van der Waals surface area contributed by atoms with Gasteiger partial charge in [0.25, 0.3) is 0 Å². The summed E-state index contributed by atoms with van der Waals surface area (Å²) in [5.41, 5.74) is 1.60. The second kappa shape index (κ2) is 18.5. The molecule has 320 valence electrons. The Morgan fingerprint density at radius 2 is 1.63 bits per heavy atom. The van der Waals surface area contributed by atoms with Crippen LogP contribution in [0.1, 0.15) is 51.1 Å². The lowest BCUT2D eigenvalue weighted by atomic mass is 9.87. The molecule has 0 amide bonds. The summed E-state index contributed by atoms with van der Waals surface area (Å²) in [6, 6.07) is 18.7. The number of anilines is 2. The van der Waals surface area contributed by atoms with Gasteiger partial charge in [0.2, 0.25) is 0 Å². The van der Waals surface area contributed by atoms with Gasteiger partial charge in [0, 0.05) is 61.5 Å². The summed E-state index contributed by atoms with van der Waals surface area (Å²) in [5.74, 6) is -1.24. The predicted molar refractivity (Wildman–Crippen MR) is 217 cm³/mol. The van der Waals surface area contributed by atoms with Crippen LogP contribution in [0.4, 0.5) is 20.2 Å². The Bertz CT molecular complexity index is 2310. The molecule has 0 bridgehead atoms. The highest BCUT2D eigenvalue weighted by molar-refractivity contribution is 7.51. The van der Waals surface area contributed by atoms with Gasteiger partial charge in [-0.05, 0) is 80.8 Å². The third kappa shape index (κ3) is 10.1. The zero-order valence-corrected chi connectivity index (χ0v) is 34.3. The summed E-state index contributed by atoms with van der Waals surface area (Å²) in [6.07, 6.45) is 4.09. The Morgan fingerprint density at radius 1 is 0.967 bits per heavy atom. The Labute approximate surface area is 345 Å². The molecular formula is C41H49F2N8O8P. The number of carbonyl (C=O) groups is 1. The van der Waals surface area contributed by atoms with Crippen LogP contribution in [0.25, 0.3) is 5.69 Å². The average Bonchev–Trinajstić information content (AvgIpc) is 3.99. The van der Waals surface area contributed by atoms with E-state index in [9.17, 15) is 18.5 Å². The van der Waals surface area contributed by atoms with E-state index >= 15 is 4.39 Å². The molecule has 60 heavy (non-hydrogen) atoms. The lowest BCUT2D eigenvalue weighted by Gasteiger charge is -2.37. The molecule has 7 rings (SSSR count). The van der Waals surface area contributed by atoms with Crippen LogP contribution in [-0.4, -0.2) is 96.5 Å². The van der Waals surface area contributed by atoms with Gasteiger partial charge in [-0.2, -0.15) is 10.2 Å². The maximum Gasteiger partial charge on any atom is 0.350 e. The molecule has 0 saturated carbocycles. The van der Waals surface area contributed by atoms with Crippen molar-refractivity contribution >= 4 is 24.9 Å². The first-order chi connectivity index (χ1) is 28.8. The molecule has 2 N–H and O–H groups in total. The van der Waals surface area contributed by atoms with E-state index in [0.29, 0.717) is 37.5 Å². The van der Waals surface area contributed by atoms with E-state index in [1.165, 1.54) is 34.0 Å². The zero-order valence-electron chi connectivity index (χ0n) is 33.4. The largest absolute Gasteiger partial charge is 0.493 e. The summed E-state index contributed by atoms with van der Waals surface area (Å²) in [5, 5.41) is 8.50. The quantitative estimate of drug-likeness (QED) is 0.0936. The van der Waals surface area contributed by atoms with Crippen LogP contribution >= 0.6 is 7.60 Å². The highest BCUT2D eigenvalue weighted by atomic mass is 31.2. The van der Waals surface area contributed by atoms with Crippen molar-refractivity contribution in [3.05, 3.63) is 113 Å². The summed E-state index contributed by atoms with van der Waals surface area (Å²) >= 11 is 0. The van der Waals surface area contributed by atoms with Crippen LogP contribution in [0, 0.1) is 17.6 Å². The van der Waals surface area contributed by atoms with Crippen molar-refractivity contribution in [2.24, 2.45) is 5.92 Å². The fraction of sp³-hybridized carbons (Fsp3) is 0.439. The van der Waals surface area contributed by atoms with Gasteiger partial charge >= 0.3 is 19.3 Å². The molecule has 2 saturated heterocycles. The normalized spacial score (nSPS) is 19.3. The molecule has 0 aliphatic carbocycles. The maximum absolute atomic E-state index is 15.0. The van der Waals surface area contributed by atoms with Gasteiger partial charge in [0.05, 0.1) is 37.6 Å². The summed E-state index contributed by atoms with van der Waals surface area (Å²) < 4.78 is 62.1. The van der Waals surface area contributed by atoms with Gasteiger partial charge in [0.1, 0.15) is 48.1 Å². The fourth-order valence-corrected chi connectivity index (χ4v) is 8.57. The van der Waals surface area contributed by atoms with Crippen LogP contribution in [0.5, 0.6) is 5.75 Å². The zero-order chi connectivity index (χ0) is 42.4. The first-order valence-electron chi connectivity index (χ1n) is 20.0. The molecular weight excluding hydrogens is 801 g/mol. The molecule has 16 nitrogen and oxygen atoms in total. The highest BCUT2D eigenvalue weighted by Gasteiger charge is 2.44. The average molecular weight is 851 g/mol. The number of hydrogen-bond acceptors (Lipinski definition) is 11. The van der Waals surface area contributed by atoms with Gasteiger partial charge < -0.3 is 33.8 Å². The number of rotatable bonds is 17. The maximum atomic E-state index is 15.0. The minimum absolute atomic E-state index is 0.000177. The van der Waals surface area contributed by atoms with Crippen molar-refractivity contribution in [2.45, 2.75) is 63.8 Å². The third-order valence-electron chi connectivity index (χ3n) is 11.1. The number of benzene rings is 3. The molecule has 0 spiro atoms. The summed E-state index contributed by atoms with van der Waals surface area (Å²) in [7, 11) is -4.20. The molecule has 4 atom stereocenters. The molecule has 5 aromatic rings. The molecule has 0 unspecified atom stereocenters. The van der Waals surface area contributed by atoms with Crippen LogP contribution in [0.2, 0.25) is 0 Å². The standard InChI is InChI=1S/C41H49F2N8O8P/c1-3-38(29(2)59-39(52)5-4-20-60(54,55)56)51-40(53)50(28-46-51)34-9-7-32(8-10-34)47-16-18-48(19-17-47)33-11-13-35(14-12-33)57-23-30-22-41(58-24-30,25-49-27-44-26-45-49)36-15-6-31(42)21-37(36)43/h6-15,21,26-30,38H,3-5,16-20,22-25H2,1-2H3,(H2,54,55,56)/t29-,30+,38-,41-/m0/s1. The second-order valence-electron chi connectivity index (χ2n) is 15.3. The van der Waals surface area contributed by atoms with Gasteiger partial charge in [0.15, 0.2) is 0 Å². The van der Waals surface area contributed by atoms with Crippen LogP contribution in [0.15, 0.2) is 90.5 Å². The Balaban J connectivity index is 0.894. The molecule has 19 heteroatoms. The number of piperazine rings is 1. The number of carbonyl (C=O) groups excluding carboxylic acids is 1. The van der Waals surface area contributed by atoms with E-state index in [1.807, 2.05) is 55.5 Å². The number of esters is 1. The van der Waals surface area contributed by atoms with Crippen molar-refractivity contribution in [3.63, 3.8) is 0 Å². The van der Waals surface area contributed by atoms with Crippen molar-refractivity contribution in [3.8, 4) is 11.4 Å². The summed E-state index contributed by atoms with van der Waals surface area (Å²) in [4.78, 5) is 52.4. The van der Waals surface area contributed by atoms with Crippen molar-refractivity contribution in [1.29, 1.82) is 0 Å². The summed E-state index contributed by atoms with van der Waals surface area (Å²) in [6.45, 7) is 7.63. The smallest absolute Gasteiger partial charge is 0.350 e. The molecule has 2 aromatic heterocycles. The first kappa shape index (κ1) is 42.7. The second-order valence-corrected chi connectivity index (χ2v) is 17.1. The Morgan fingerprint density at radius 3 is 2.25 bits per heavy atom. The molecule has 4 heterocycles. The van der Waals surface area contributed by atoms with Gasteiger partial charge in [-0.15, -0.1) is 0 Å². The number of halogens is 2. The van der Waals surface area contributed by atoms with E-state index in [1.54, 1.807) is 17.9 Å². The van der Waals surface area contributed by atoms with E-state index in [0.717, 1.165) is 43.6 Å². The molecule has 3 aromatic carbocycles. The van der Waals surface area contributed by atoms with E-state index in [2.05, 4.69) is 25.0 Å². The first-order valence-corrected chi connectivity index (χ1v) is 21.8. The predicted octanol–water partition coefficient (Wildman–Crippen LogP) is 5.08. The van der Waals surface area contributed by atoms with E-state index < -0.39 is 49.1 Å². The minimum atomic E-state index is -4.20. The minimum Gasteiger partial charge on any atom is -0.493 e. The molecule has 2 aliphatic rings. The number of nitrogens with zero attached hydrogens (tertiary/aromatic N) is 8. The monoisotopic (exact) mass is 850 g/mol. The number of hydrogen-bond donors (Lipinski definition) is 2. The topological polar surface area (TPSA) is 179 Å². The highest BCUT2D eigenvalue weighted by Crippen LogP contribution is 2.42. The molecule has 2 fully saturated rings. The van der Waals surface area contributed by atoms with Crippen LogP contribution < -0.4 is 20.2 Å². The molecule has 2 aliphatic heterocycles. The number of aromatic nitrogens is 6. The Kier molecular flexibility index (Phi) is 13.1. The van der Waals surface area contributed by atoms with Crippen LogP contribution in [-0.2, 0) is 31.0 Å². The fourth-order valence-electron chi connectivity index (χ4n) is 8.00. The SMILES string of the molecule is CC[C@@H]([C@H](C)OC(=O)CCCP(=O)(O)O)n1ncn(-c2ccc(N3CCN(c4ccc(OC[C@@H]5CO[C@@](Cn6cncn6)(c6ccc(F)cc6F)C5)cc4)CC3)cc2)c1=O. The lowest BCUT2D eigenvalue weighted by Crippen LogP contribution is -2.46. The molecule has 0 radical (unpaired) electrons. The van der Waals surface area contributed by atoms with E-state index in [-0.39, 0.29) is 36.6 Å². The number of ether oxygens (including phenoxy) is 3. The van der Waals surface area contributed by atoms with Crippen LogP contribution in [0.3, 0.4) is 0 Å². The lowest BCUT2D eigenvalue weighted by molar-refractivity contribution is -0.150. The van der Waals surface area contributed by atoms with Crippen molar-refractivity contribution in [1.82, 2.24) is 29.1 Å². The van der Waals surface area contributed by atoms with Gasteiger partial charge in [-0.1, -0.05) is 13.0 Å². The van der Waals surface area contributed by atoms with Gasteiger partial charge in [-0.25, -0.2) is 32.5 Å². The third-order valence-corrected chi connectivity index (χ3v) is 12.0. The van der Waals surface area contributed by atoms with Crippen molar-refractivity contribution < 1.29 is 42.1 Å².